The minimum absolute atomic E-state index is 0.0122. The Bertz CT molecular complexity index is 689. The van der Waals surface area contributed by atoms with Crippen LogP contribution in [0.2, 0.25) is 0 Å². The molecule has 2 aromatic carbocycles. The van der Waals surface area contributed by atoms with Crippen LogP contribution >= 0.6 is 15.9 Å². The van der Waals surface area contributed by atoms with Crippen LogP contribution in [0.15, 0.2) is 46.9 Å². The third-order valence-corrected chi connectivity index (χ3v) is 3.22. The van der Waals surface area contributed by atoms with E-state index in [4.69, 9.17) is 15.2 Å². The molecular formula is C15H14BBrO6. The summed E-state index contributed by atoms with van der Waals surface area (Å²) < 4.78 is 5.25. The smallest absolute Gasteiger partial charge is 0.488 e. The van der Waals surface area contributed by atoms with Gasteiger partial charge in [-0.3, -0.25) is 4.79 Å². The Kier molecular flexibility index (Phi) is 7.47. The zero-order valence-corrected chi connectivity index (χ0v) is 13.7. The first-order valence-corrected chi connectivity index (χ1v) is 7.16. The summed E-state index contributed by atoms with van der Waals surface area (Å²) in [5, 5.41) is 26.6. The van der Waals surface area contributed by atoms with Crippen molar-refractivity contribution < 1.29 is 29.5 Å². The Morgan fingerprint density at radius 1 is 1.22 bits per heavy atom. The summed E-state index contributed by atoms with van der Waals surface area (Å²) in [6.45, 7) is 0. The van der Waals surface area contributed by atoms with Gasteiger partial charge in [0.15, 0.2) is 6.29 Å². The molecule has 0 radical (unpaired) electrons. The molecule has 23 heavy (non-hydrogen) atoms. The van der Waals surface area contributed by atoms with Crippen molar-refractivity contribution in [3.8, 4) is 5.75 Å². The summed E-state index contributed by atoms with van der Waals surface area (Å²) in [6.07, 6.45) is 0.611. The van der Waals surface area contributed by atoms with Crippen LogP contribution in [-0.2, 0) is 4.74 Å². The van der Waals surface area contributed by atoms with Gasteiger partial charge >= 0.3 is 13.1 Å². The lowest BCUT2D eigenvalue weighted by Crippen LogP contribution is -2.30. The monoisotopic (exact) mass is 380 g/mol. The van der Waals surface area contributed by atoms with E-state index in [1.54, 1.807) is 18.2 Å². The molecule has 0 aliphatic carbocycles. The molecule has 0 atom stereocenters. The molecule has 0 spiro atoms. The van der Waals surface area contributed by atoms with E-state index in [-0.39, 0.29) is 11.2 Å². The van der Waals surface area contributed by atoms with E-state index in [0.717, 1.165) is 4.47 Å². The second-order valence-corrected chi connectivity index (χ2v) is 5.23. The maximum atomic E-state index is 11.0. The number of hydrogen-bond donors (Lipinski definition) is 3. The number of phenols is 1. The fraction of sp³-hybridized carbons (Fsp3) is 0.0667. The number of carbonyl (C=O) groups is 2. The highest BCUT2D eigenvalue weighted by Gasteiger charge is 2.13. The molecule has 0 aromatic heterocycles. The number of hydrogen-bond acceptors (Lipinski definition) is 6. The Morgan fingerprint density at radius 3 is 2.43 bits per heavy atom. The molecule has 0 aliphatic rings. The van der Waals surface area contributed by atoms with Crippen molar-refractivity contribution in [2.24, 2.45) is 0 Å². The normalized spacial score (nSPS) is 9.39. The first kappa shape index (κ1) is 18.9. The number of rotatable bonds is 3. The lowest BCUT2D eigenvalue weighted by Gasteiger charge is -2.02. The zero-order valence-electron chi connectivity index (χ0n) is 12.1. The van der Waals surface area contributed by atoms with Crippen LogP contribution in [0, 0.1) is 0 Å². The average Bonchev–Trinajstić information content (AvgIpc) is 2.57. The molecule has 0 bridgehead atoms. The molecule has 2 aromatic rings. The van der Waals surface area contributed by atoms with E-state index in [9.17, 15) is 9.59 Å². The van der Waals surface area contributed by atoms with Gasteiger partial charge in [-0.2, -0.15) is 0 Å². The SMILES string of the molecule is COC(=O)c1cccc(B(O)O)c1.O=Cc1cc(Br)ccc1O. The van der Waals surface area contributed by atoms with Crippen molar-refractivity contribution in [1.82, 2.24) is 0 Å². The van der Waals surface area contributed by atoms with Gasteiger partial charge in [0, 0.05) is 4.47 Å². The minimum atomic E-state index is -1.57. The van der Waals surface area contributed by atoms with Crippen molar-refractivity contribution in [3.63, 3.8) is 0 Å². The summed E-state index contributed by atoms with van der Waals surface area (Å²) in [7, 11) is -0.297. The largest absolute Gasteiger partial charge is 0.507 e. The number of benzene rings is 2. The van der Waals surface area contributed by atoms with E-state index in [1.807, 2.05) is 0 Å². The average molecular weight is 381 g/mol. The van der Waals surface area contributed by atoms with Crippen LogP contribution < -0.4 is 5.46 Å². The highest BCUT2D eigenvalue weighted by atomic mass is 79.9. The van der Waals surface area contributed by atoms with Gasteiger partial charge in [-0.25, -0.2) is 4.79 Å². The molecule has 120 valence electrons. The third-order valence-electron chi connectivity index (χ3n) is 2.72. The van der Waals surface area contributed by atoms with Crippen LogP contribution in [0.5, 0.6) is 5.75 Å². The van der Waals surface area contributed by atoms with Gasteiger partial charge in [-0.1, -0.05) is 28.1 Å². The summed E-state index contributed by atoms with van der Waals surface area (Å²) in [5.74, 6) is -0.485. The Balaban J connectivity index is 0.000000238. The van der Waals surface area contributed by atoms with Crippen molar-refractivity contribution in [2.75, 3.05) is 7.11 Å². The van der Waals surface area contributed by atoms with Crippen LogP contribution in [0.3, 0.4) is 0 Å². The number of esters is 1. The van der Waals surface area contributed by atoms with Gasteiger partial charge in [-0.05, 0) is 35.8 Å². The van der Waals surface area contributed by atoms with Crippen LogP contribution in [0.1, 0.15) is 20.7 Å². The van der Waals surface area contributed by atoms with Crippen molar-refractivity contribution >= 4 is 40.8 Å². The molecule has 0 saturated heterocycles. The van der Waals surface area contributed by atoms with Gasteiger partial charge in [0.25, 0.3) is 0 Å². The van der Waals surface area contributed by atoms with E-state index >= 15 is 0 Å². The number of halogens is 1. The van der Waals surface area contributed by atoms with Crippen LogP contribution in [-0.4, -0.2) is 41.6 Å². The molecule has 0 unspecified atom stereocenters. The molecule has 3 N–H and O–H groups in total. The molecule has 8 heteroatoms. The summed E-state index contributed by atoms with van der Waals surface area (Å²) >= 11 is 3.17. The van der Waals surface area contributed by atoms with Crippen LogP contribution in [0.25, 0.3) is 0 Å². The number of aldehydes is 1. The first-order valence-electron chi connectivity index (χ1n) is 6.37. The summed E-state index contributed by atoms with van der Waals surface area (Å²) in [5.41, 5.74) is 0.866. The number of phenolic OH excluding ortho intramolecular Hbond substituents is 1. The van der Waals surface area contributed by atoms with Gasteiger partial charge in [0.05, 0.1) is 18.2 Å². The first-order chi connectivity index (χ1) is 10.9. The highest BCUT2D eigenvalue weighted by Crippen LogP contribution is 2.19. The summed E-state index contributed by atoms with van der Waals surface area (Å²) in [4.78, 5) is 21.2. The second-order valence-electron chi connectivity index (χ2n) is 4.31. The number of carbonyl (C=O) groups excluding carboxylic acids is 2. The fourth-order valence-electron chi connectivity index (χ4n) is 1.56. The molecule has 0 heterocycles. The predicted octanol–water partition coefficient (Wildman–Crippen LogP) is 1.12. The second kappa shape index (κ2) is 9.09. The lowest BCUT2D eigenvalue weighted by molar-refractivity contribution is 0.0600. The van der Waals surface area contributed by atoms with Crippen molar-refractivity contribution in [2.45, 2.75) is 0 Å². The zero-order chi connectivity index (χ0) is 17.4. The van der Waals surface area contributed by atoms with E-state index in [2.05, 4.69) is 20.7 Å². The fourth-order valence-corrected chi connectivity index (χ4v) is 1.94. The van der Waals surface area contributed by atoms with E-state index < -0.39 is 13.1 Å². The van der Waals surface area contributed by atoms with E-state index in [1.165, 1.54) is 31.4 Å². The van der Waals surface area contributed by atoms with Crippen molar-refractivity contribution in [3.05, 3.63) is 58.1 Å². The topological polar surface area (TPSA) is 104 Å². The van der Waals surface area contributed by atoms with Gasteiger partial charge < -0.3 is 19.9 Å². The minimum Gasteiger partial charge on any atom is -0.507 e. The van der Waals surface area contributed by atoms with Gasteiger partial charge in [-0.15, -0.1) is 0 Å². The quantitative estimate of drug-likeness (QED) is 0.418. The predicted molar refractivity (Wildman–Crippen MR) is 88.8 cm³/mol. The number of methoxy groups -OCH3 is 1. The third kappa shape index (κ3) is 5.86. The van der Waals surface area contributed by atoms with Gasteiger partial charge in [0.1, 0.15) is 5.75 Å². The van der Waals surface area contributed by atoms with E-state index in [0.29, 0.717) is 17.4 Å². The van der Waals surface area contributed by atoms with Crippen molar-refractivity contribution in [1.29, 1.82) is 0 Å². The lowest BCUT2D eigenvalue weighted by atomic mass is 9.80. The molecule has 0 saturated carbocycles. The molecule has 2 rings (SSSR count). The Morgan fingerprint density at radius 2 is 1.91 bits per heavy atom. The Labute approximate surface area is 141 Å². The summed E-state index contributed by atoms with van der Waals surface area (Å²) in [6, 6.07) is 10.7. The number of ether oxygens (including phenoxy) is 1. The van der Waals surface area contributed by atoms with Crippen LogP contribution in [0.4, 0.5) is 0 Å². The molecular weight excluding hydrogens is 367 g/mol. The highest BCUT2D eigenvalue weighted by molar-refractivity contribution is 9.10. The number of aromatic hydroxyl groups is 1. The molecule has 0 amide bonds. The standard InChI is InChI=1S/C8H9BO4.C7H5BrO2/c1-13-8(10)6-3-2-4-7(5-6)9(11)12;8-6-1-2-7(10)5(3-6)4-9/h2-5,11-12H,1H3;1-4,10H. The maximum Gasteiger partial charge on any atom is 0.488 e. The molecule has 6 nitrogen and oxygen atoms in total. The Hall–Kier alpha value is -2.16. The molecule has 0 aliphatic heterocycles. The maximum absolute atomic E-state index is 11.0. The van der Waals surface area contributed by atoms with Gasteiger partial charge in [0.2, 0.25) is 0 Å². The molecule has 0 fully saturated rings.